The Kier molecular flexibility index (Phi) is 3.06. The lowest BCUT2D eigenvalue weighted by molar-refractivity contribution is 0.236. The molecular formula is C13H16BrNO. The summed E-state index contributed by atoms with van der Waals surface area (Å²) in [5.74, 6) is 0.757. The highest BCUT2D eigenvalue weighted by atomic mass is 79.9. The summed E-state index contributed by atoms with van der Waals surface area (Å²) in [6.07, 6.45) is 0. The molecule has 1 unspecified atom stereocenters. The monoisotopic (exact) mass is 281 g/mol. The maximum Gasteiger partial charge on any atom is 0.217 e. The quantitative estimate of drug-likeness (QED) is 0.770. The van der Waals surface area contributed by atoms with Gasteiger partial charge in [0.2, 0.25) is 5.90 Å². The number of ether oxygens (including phenoxy) is 1. The Labute approximate surface area is 105 Å². The molecule has 0 spiro atoms. The molecule has 0 saturated carbocycles. The maximum atomic E-state index is 5.68. The molecule has 0 radical (unpaired) electrons. The zero-order valence-corrected chi connectivity index (χ0v) is 11.4. The van der Waals surface area contributed by atoms with E-state index in [1.54, 1.807) is 0 Å². The molecule has 0 aliphatic carbocycles. The van der Waals surface area contributed by atoms with Gasteiger partial charge in [0.25, 0.3) is 0 Å². The van der Waals surface area contributed by atoms with Crippen LogP contribution in [0.5, 0.6) is 0 Å². The van der Waals surface area contributed by atoms with E-state index in [1.165, 1.54) is 0 Å². The molecular weight excluding hydrogens is 266 g/mol. The summed E-state index contributed by atoms with van der Waals surface area (Å²) < 4.78 is 6.71. The van der Waals surface area contributed by atoms with Crippen LogP contribution in [0.25, 0.3) is 0 Å². The molecule has 16 heavy (non-hydrogen) atoms. The molecule has 1 aromatic carbocycles. The maximum absolute atomic E-state index is 5.68. The molecule has 0 amide bonds. The van der Waals surface area contributed by atoms with E-state index in [1.807, 2.05) is 24.3 Å². The molecule has 1 heterocycles. The molecule has 0 N–H and O–H groups in total. The number of halogens is 1. The highest BCUT2D eigenvalue weighted by Crippen LogP contribution is 2.28. The minimum atomic E-state index is 0.156. The van der Waals surface area contributed by atoms with Crippen LogP contribution in [-0.2, 0) is 4.74 Å². The van der Waals surface area contributed by atoms with Gasteiger partial charge in [-0.25, -0.2) is 4.99 Å². The van der Waals surface area contributed by atoms with E-state index in [4.69, 9.17) is 4.74 Å². The Morgan fingerprint density at radius 3 is 2.56 bits per heavy atom. The second kappa shape index (κ2) is 4.21. The topological polar surface area (TPSA) is 21.6 Å². The third-order valence-electron chi connectivity index (χ3n) is 2.75. The summed E-state index contributed by atoms with van der Waals surface area (Å²) in [5, 5.41) is 0. The summed E-state index contributed by atoms with van der Waals surface area (Å²) >= 11 is 3.52. The van der Waals surface area contributed by atoms with E-state index in [9.17, 15) is 0 Å². The third kappa shape index (κ3) is 2.29. The SMILES string of the molecule is CC(C)(C)C1COC(c2ccccc2Br)=N1. The van der Waals surface area contributed by atoms with Crippen molar-refractivity contribution in [2.75, 3.05) is 6.61 Å². The first-order valence-electron chi connectivity index (χ1n) is 5.44. The third-order valence-corrected chi connectivity index (χ3v) is 3.45. The molecule has 0 aromatic heterocycles. The van der Waals surface area contributed by atoms with Crippen LogP contribution in [-0.4, -0.2) is 18.5 Å². The Morgan fingerprint density at radius 2 is 2.00 bits per heavy atom. The first kappa shape index (κ1) is 11.6. The van der Waals surface area contributed by atoms with Crippen molar-refractivity contribution in [3.05, 3.63) is 34.3 Å². The fraction of sp³-hybridized carbons (Fsp3) is 0.462. The van der Waals surface area contributed by atoms with Gasteiger partial charge in [-0.1, -0.05) is 32.9 Å². The van der Waals surface area contributed by atoms with E-state index < -0.39 is 0 Å². The number of hydrogen-bond acceptors (Lipinski definition) is 2. The first-order valence-corrected chi connectivity index (χ1v) is 6.23. The van der Waals surface area contributed by atoms with E-state index in [0.29, 0.717) is 6.61 Å². The zero-order chi connectivity index (χ0) is 11.8. The second-order valence-electron chi connectivity index (χ2n) is 5.11. The molecule has 2 rings (SSSR count). The van der Waals surface area contributed by atoms with Crippen LogP contribution in [0.2, 0.25) is 0 Å². The van der Waals surface area contributed by atoms with Crippen LogP contribution in [0.1, 0.15) is 26.3 Å². The fourth-order valence-electron chi connectivity index (χ4n) is 1.60. The summed E-state index contributed by atoms with van der Waals surface area (Å²) in [4.78, 5) is 4.65. The van der Waals surface area contributed by atoms with Crippen LogP contribution < -0.4 is 0 Å². The minimum absolute atomic E-state index is 0.156. The lowest BCUT2D eigenvalue weighted by Crippen LogP contribution is -2.25. The number of hydrogen-bond donors (Lipinski definition) is 0. The van der Waals surface area contributed by atoms with Crippen molar-refractivity contribution < 1.29 is 4.74 Å². The smallest absolute Gasteiger partial charge is 0.217 e. The lowest BCUT2D eigenvalue weighted by Gasteiger charge is -2.21. The van der Waals surface area contributed by atoms with Gasteiger partial charge < -0.3 is 4.74 Å². The summed E-state index contributed by atoms with van der Waals surface area (Å²) in [5.41, 5.74) is 1.19. The van der Waals surface area contributed by atoms with Crippen molar-refractivity contribution in [3.8, 4) is 0 Å². The molecule has 0 saturated heterocycles. The van der Waals surface area contributed by atoms with Crippen molar-refractivity contribution in [2.45, 2.75) is 26.8 Å². The van der Waals surface area contributed by atoms with Gasteiger partial charge in [-0.2, -0.15) is 0 Å². The number of rotatable bonds is 1. The number of benzene rings is 1. The van der Waals surface area contributed by atoms with Gasteiger partial charge in [0.15, 0.2) is 0 Å². The van der Waals surface area contributed by atoms with Gasteiger partial charge in [0.05, 0.1) is 11.6 Å². The molecule has 0 bridgehead atoms. The van der Waals surface area contributed by atoms with Gasteiger partial charge in [-0.3, -0.25) is 0 Å². The predicted octanol–water partition coefficient (Wildman–Crippen LogP) is 3.64. The molecule has 1 atom stereocenters. The summed E-state index contributed by atoms with van der Waals surface area (Å²) in [6, 6.07) is 8.26. The van der Waals surface area contributed by atoms with Crippen molar-refractivity contribution in [1.82, 2.24) is 0 Å². The molecule has 0 fully saturated rings. The van der Waals surface area contributed by atoms with Crippen LogP contribution in [0.3, 0.4) is 0 Å². The summed E-state index contributed by atoms with van der Waals surface area (Å²) in [7, 11) is 0. The Hall–Kier alpha value is -0.830. The number of nitrogens with zero attached hydrogens (tertiary/aromatic N) is 1. The average molecular weight is 282 g/mol. The van der Waals surface area contributed by atoms with Crippen LogP contribution in [0.4, 0.5) is 0 Å². The van der Waals surface area contributed by atoms with Crippen LogP contribution >= 0.6 is 15.9 Å². The number of aliphatic imine (C=N–C) groups is 1. The lowest BCUT2D eigenvalue weighted by atomic mass is 9.88. The van der Waals surface area contributed by atoms with E-state index in [0.717, 1.165) is 15.9 Å². The molecule has 1 aliphatic rings. The standard InChI is InChI=1S/C13H16BrNO/c1-13(2,3)11-8-16-12(15-11)9-6-4-5-7-10(9)14/h4-7,11H,8H2,1-3H3. The molecule has 2 nitrogen and oxygen atoms in total. The molecule has 86 valence electrons. The van der Waals surface area contributed by atoms with Gasteiger partial charge in [-0.05, 0) is 33.5 Å². The van der Waals surface area contributed by atoms with Gasteiger partial charge in [-0.15, -0.1) is 0 Å². The van der Waals surface area contributed by atoms with Gasteiger partial charge >= 0.3 is 0 Å². The fourth-order valence-corrected chi connectivity index (χ4v) is 2.05. The van der Waals surface area contributed by atoms with E-state index in [-0.39, 0.29) is 11.5 Å². The predicted molar refractivity (Wildman–Crippen MR) is 69.9 cm³/mol. The zero-order valence-electron chi connectivity index (χ0n) is 9.83. The molecule has 1 aliphatic heterocycles. The highest BCUT2D eigenvalue weighted by molar-refractivity contribution is 9.10. The normalized spacial score (nSPS) is 20.5. The second-order valence-corrected chi connectivity index (χ2v) is 5.96. The van der Waals surface area contributed by atoms with E-state index in [2.05, 4.69) is 41.7 Å². The van der Waals surface area contributed by atoms with Crippen LogP contribution in [0, 0.1) is 5.41 Å². The molecule has 3 heteroatoms. The van der Waals surface area contributed by atoms with Crippen molar-refractivity contribution >= 4 is 21.8 Å². The Morgan fingerprint density at radius 1 is 1.31 bits per heavy atom. The van der Waals surface area contributed by atoms with E-state index >= 15 is 0 Å². The summed E-state index contributed by atoms with van der Waals surface area (Å²) in [6.45, 7) is 7.24. The van der Waals surface area contributed by atoms with Gasteiger partial charge in [0, 0.05) is 4.47 Å². The molecule has 1 aromatic rings. The van der Waals surface area contributed by atoms with Crippen molar-refractivity contribution in [2.24, 2.45) is 10.4 Å². The largest absolute Gasteiger partial charge is 0.475 e. The highest BCUT2D eigenvalue weighted by Gasteiger charge is 2.30. The van der Waals surface area contributed by atoms with Crippen molar-refractivity contribution in [1.29, 1.82) is 0 Å². The first-order chi connectivity index (χ1) is 7.48. The van der Waals surface area contributed by atoms with Crippen molar-refractivity contribution in [3.63, 3.8) is 0 Å². The van der Waals surface area contributed by atoms with Crippen LogP contribution in [0.15, 0.2) is 33.7 Å². The average Bonchev–Trinajstić information content (AvgIpc) is 2.66. The van der Waals surface area contributed by atoms with Gasteiger partial charge in [0.1, 0.15) is 6.61 Å². The Balaban J connectivity index is 2.28. The minimum Gasteiger partial charge on any atom is -0.475 e. The Bertz CT molecular complexity index is 420.